The van der Waals surface area contributed by atoms with E-state index in [1.807, 2.05) is 25.1 Å². The minimum Gasteiger partial charge on any atom is -0.349 e. The first-order chi connectivity index (χ1) is 16.8. The number of rotatable bonds is 7. The highest BCUT2D eigenvalue weighted by atomic mass is 35.5. The highest BCUT2D eigenvalue weighted by Crippen LogP contribution is 2.44. The van der Waals surface area contributed by atoms with E-state index in [9.17, 15) is 13.2 Å². The van der Waals surface area contributed by atoms with Crippen molar-refractivity contribution < 1.29 is 13.2 Å². The molecule has 2 aliphatic carbocycles. The van der Waals surface area contributed by atoms with Crippen molar-refractivity contribution in [3.05, 3.63) is 94.5 Å². The molecule has 0 heterocycles. The zero-order valence-corrected chi connectivity index (χ0v) is 21.2. The number of sulfonamides is 1. The molecule has 35 heavy (non-hydrogen) atoms. The Morgan fingerprint density at radius 1 is 1.00 bits per heavy atom. The molecule has 1 N–H and O–H groups in total. The van der Waals surface area contributed by atoms with Gasteiger partial charge in [-0.1, -0.05) is 54.4 Å². The van der Waals surface area contributed by atoms with E-state index in [4.69, 9.17) is 11.6 Å². The van der Waals surface area contributed by atoms with Gasteiger partial charge in [0.2, 0.25) is 0 Å². The quantitative estimate of drug-likeness (QED) is 0.428. The monoisotopic (exact) mass is 508 g/mol. The van der Waals surface area contributed by atoms with Crippen molar-refractivity contribution in [1.29, 1.82) is 0 Å². The van der Waals surface area contributed by atoms with Crippen LogP contribution in [-0.4, -0.2) is 20.4 Å². The van der Waals surface area contributed by atoms with Crippen LogP contribution in [0, 0.1) is 18.8 Å². The van der Waals surface area contributed by atoms with Crippen molar-refractivity contribution in [1.82, 2.24) is 5.32 Å². The predicted octanol–water partition coefficient (Wildman–Crippen LogP) is 5.96. The Balaban J connectivity index is 1.39. The van der Waals surface area contributed by atoms with E-state index < -0.39 is 10.0 Å². The Hall–Kier alpha value is -2.83. The molecule has 3 aromatic rings. The molecule has 2 bridgehead atoms. The van der Waals surface area contributed by atoms with Gasteiger partial charge < -0.3 is 5.32 Å². The van der Waals surface area contributed by atoms with Gasteiger partial charge in [-0.25, -0.2) is 8.42 Å². The summed E-state index contributed by atoms with van der Waals surface area (Å²) in [6.45, 7) is 1.98. The highest BCUT2D eigenvalue weighted by molar-refractivity contribution is 7.92. The molecule has 0 aliphatic heterocycles. The molecule has 2 fully saturated rings. The van der Waals surface area contributed by atoms with Crippen LogP contribution in [0.5, 0.6) is 0 Å². The van der Waals surface area contributed by atoms with Crippen molar-refractivity contribution in [2.24, 2.45) is 11.8 Å². The second-order valence-electron chi connectivity index (χ2n) is 9.71. The topological polar surface area (TPSA) is 66.5 Å². The SMILES string of the molecule is Cc1ccc(Cl)cc1N(Cc1ccc(C(=O)N[C@@H]2C[C@@H]3CC[C@@H]2C3)cc1)S(=O)(=O)c1ccccc1. The third-order valence-electron chi connectivity index (χ3n) is 7.37. The van der Waals surface area contributed by atoms with Gasteiger partial charge in [0.15, 0.2) is 0 Å². The maximum absolute atomic E-state index is 13.7. The summed E-state index contributed by atoms with van der Waals surface area (Å²) in [6.07, 6.45) is 4.82. The normalized spacial score (nSPS) is 21.1. The van der Waals surface area contributed by atoms with Crippen LogP contribution >= 0.6 is 11.6 Å². The number of halogens is 1. The molecule has 5 rings (SSSR count). The summed E-state index contributed by atoms with van der Waals surface area (Å²) in [5.74, 6) is 1.31. The molecule has 182 valence electrons. The molecule has 0 unspecified atom stereocenters. The predicted molar refractivity (Wildman–Crippen MR) is 139 cm³/mol. The summed E-state index contributed by atoms with van der Waals surface area (Å²) < 4.78 is 28.7. The fourth-order valence-corrected chi connectivity index (χ4v) is 7.17. The Labute approximate surface area is 212 Å². The van der Waals surface area contributed by atoms with Crippen molar-refractivity contribution in [3.8, 4) is 0 Å². The number of fused-ring (bicyclic) bond motifs is 2. The van der Waals surface area contributed by atoms with E-state index >= 15 is 0 Å². The molecule has 0 radical (unpaired) electrons. The second-order valence-corrected chi connectivity index (χ2v) is 12.0. The van der Waals surface area contributed by atoms with Crippen molar-refractivity contribution in [2.75, 3.05) is 4.31 Å². The maximum atomic E-state index is 13.7. The number of hydrogen-bond acceptors (Lipinski definition) is 3. The molecule has 2 saturated carbocycles. The number of benzene rings is 3. The van der Waals surface area contributed by atoms with E-state index in [2.05, 4.69) is 5.32 Å². The van der Waals surface area contributed by atoms with Gasteiger partial charge in [0.05, 0.1) is 17.1 Å². The Bertz CT molecular complexity index is 1330. The number of anilines is 1. The molecule has 0 aromatic heterocycles. The van der Waals surface area contributed by atoms with E-state index in [0.29, 0.717) is 22.2 Å². The summed E-state index contributed by atoms with van der Waals surface area (Å²) >= 11 is 6.24. The van der Waals surface area contributed by atoms with Crippen LogP contribution in [0.1, 0.15) is 47.2 Å². The second kappa shape index (κ2) is 9.67. The number of amides is 1. The lowest BCUT2D eigenvalue weighted by Crippen LogP contribution is -2.38. The Morgan fingerprint density at radius 2 is 1.74 bits per heavy atom. The number of nitrogens with zero attached hydrogens (tertiary/aromatic N) is 1. The molecule has 7 heteroatoms. The van der Waals surface area contributed by atoms with E-state index in [1.165, 1.54) is 23.6 Å². The average Bonchev–Trinajstić information content (AvgIpc) is 3.48. The van der Waals surface area contributed by atoms with Gasteiger partial charge in [-0.3, -0.25) is 9.10 Å². The lowest BCUT2D eigenvalue weighted by atomic mass is 9.95. The van der Waals surface area contributed by atoms with Gasteiger partial charge in [0.1, 0.15) is 0 Å². The molecular weight excluding hydrogens is 480 g/mol. The number of hydrogen-bond donors (Lipinski definition) is 1. The number of nitrogens with one attached hydrogen (secondary N) is 1. The highest BCUT2D eigenvalue weighted by Gasteiger charge is 2.40. The molecule has 5 nitrogen and oxygen atoms in total. The minimum absolute atomic E-state index is 0.0615. The van der Waals surface area contributed by atoms with Gasteiger partial charge in [-0.15, -0.1) is 0 Å². The minimum atomic E-state index is -3.84. The lowest BCUT2D eigenvalue weighted by Gasteiger charge is -2.26. The largest absolute Gasteiger partial charge is 0.349 e. The summed E-state index contributed by atoms with van der Waals surface area (Å²) in [5.41, 5.74) is 2.70. The number of aryl methyl sites for hydroxylation is 1. The zero-order chi connectivity index (χ0) is 24.6. The van der Waals surface area contributed by atoms with Crippen LogP contribution in [0.3, 0.4) is 0 Å². The van der Waals surface area contributed by atoms with Gasteiger partial charge >= 0.3 is 0 Å². The van der Waals surface area contributed by atoms with Crippen LogP contribution in [0.4, 0.5) is 5.69 Å². The Kier molecular flexibility index (Phi) is 6.60. The third-order valence-corrected chi connectivity index (χ3v) is 9.38. The molecule has 3 aromatic carbocycles. The third kappa shape index (κ3) is 4.95. The first-order valence-electron chi connectivity index (χ1n) is 12.0. The first-order valence-corrected chi connectivity index (χ1v) is 13.9. The zero-order valence-electron chi connectivity index (χ0n) is 19.7. The van der Waals surface area contributed by atoms with Gasteiger partial charge in [-0.05, 0) is 85.5 Å². The molecular formula is C28H29ClN2O3S. The van der Waals surface area contributed by atoms with Crippen molar-refractivity contribution in [3.63, 3.8) is 0 Å². The van der Waals surface area contributed by atoms with Crippen LogP contribution in [-0.2, 0) is 16.6 Å². The van der Waals surface area contributed by atoms with Gasteiger partial charge in [0.25, 0.3) is 15.9 Å². The van der Waals surface area contributed by atoms with Crippen LogP contribution in [0.2, 0.25) is 5.02 Å². The molecule has 0 saturated heterocycles. The summed E-state index contributed by atoms with van der Waals surface area (Å²) in [7, 11) is -3.84. The molecule has 0 spiro atoms. The summed E-state index contributed by atoms with van der Waals surface area (Å²) in [4.78, 5) is 13.0. The van der Waals surface area contributed by atoms with E-state index in [0.717, 1.165) is 23.5 Å². The summed E-state index contributed by atoms with van der Waals surface area (Å²) in [6, 6.07) is 21.1. The molecule has 3 atom stereocenters. The van der Waals surface area contributed by atoms with Crippen LogP contribution in [0.15, 0.2) is 77.7 Å². The van der Waals surface area contributed by atoms with Crippen molar-refractivity contribution >= 4 is 33.2 Å². The lowest BCUT2D eigenvalue weighted by molar-refractivity contribution is 0.0923. The fourth-order valence-electron chi connectivity index (χ4n) is 5.47. The summed E-state index contributed by atoms with van der Waals surface area (Å²) in [5, 5.41) is 3.68. The number of carbonyl (C=O) groups is 1. The van der Waals surface area contributed by atoms with Gasteiger partial charge in [0, 0.05) is 16.6 Å². The van der Waals surface area contributed by atoms with E-state index in [-0.39, 0.29) is 23.4 Å². The number of carbonyl (C=O) groups excluding carboxylic acids is 1. The van der Waals surface area contributed by atoms with Crippen molar-refractivity contribution in [2.45, 2.75) is 50.1 Å². The first kappa shape index (κ1) is 23.9. The standard InChI is InChI=1S/C28H29ClN2O3S/c1-19-7-14-24(29)17-27(19)31(35(33,34)25-5-3-2-4-6-25)18-20-8-11-22(12-9-20)28(32)30-26-16-21-10-13-23(26)15-21/h2-9,11-12,14,17,21,23,26H,10,13,15-16,18H2,1H3,(H,30,32)/t21-,23-,26-/m1/s1. The average molecular weight is 509 g/mol. The fraction of sp³-hybridized carbons (Fsp3) is 0.321. The smallest absolute Gasteiger partial charge is 0.264 e. The Morgan fingerprint density at radius 3 is 2.40 bits per heavy atom. The van der Waals surface area contributed by atoms with Crippen LogP contribution < -0.4 is 9.62 Å². The van der Waals surface area contributed by atoms with E-state index in [1.54, 1.807) is 54.6 Å². The van der Waals surface area contributed by atoms with Gasteiger partial charge in [-0.2, -0.15) is 0 Å². The van der Waals surface area contributed by atoms with Crippen LogP contribution in [0.25, 0.3) is 0 Å². The molecule has 2 aliphatic rings. The maximum Gasteiger partial charge on any atom is 0.264 e. The molecule has 1 amide bonds.